The number of rotatable bonds is 10. The fourth-order valence-electron chi connectivity index (χ4n) is 4.89. The SMILES string of the molecule is CCc1cc(Cl)ccc1-c1cccc(C(O)/C=C/[C@H]2CCC(=O)N2CCCc2ccc(C(=O)O)cc2)c1. The molecule has 3 aromatic carbocycles. The van der Waals surface area contributed by atoms with E-state index in [4.69, 9.17) is 16.7 Å². The molecule has 1 aliphatic heterocycles. The van der Waals surface area contributed by atoms with Crippen LogP contribution in [-0.2, 0) is 17.6 Å². The van der Waals surface area contributed by atoms with Crippen molar-refractivity contribution in [3.8, 4) is 11.1 Å². The molecule has 0 spiro atoms. The minimum absolute atomic E-state index is 0.0392. The smallest absolute Gasteiger partial charge is 0.335 e. The van der Waals surface area contributed by atoms with E-state index in [1.54, 1.807) is 18.2 Å². The predicted molar refractivity (Wildman–Crippen MR) is 147 cm³/mol. The maximum atomic E-state index is 12.5. The molecule has 192 valence electrons. The van der Waals surface area contributed by atoms with E-state index >= 15 is 0 Å². The van der Waals surface area contributed by atoms with Gasteiger partial charge in [-0.05, 0) is 83.8 Å². The van der Waals surface area contributed by atoms with Gasteiger partial charge in [0.25, 0.3) is 0 Å². The van der Waals surface area contributed by atoms with E-state index in [1.165, 1.54) is 0 Å². The van der Waals surface area contributed by atoms with Gasteiger partial charge in [0, 0.05) is 18.0 Å². The lowest BCUT2D eigenvalue weighted by Crippen LogP contribution is -2.33. The second kappa shape index (κ2) is 12.2. The fourth-order valence-corrected chi connectivity index (χ4v) is 5.08. The highest BCUT2D eigenvalue weighted by atomic mass is 35.5. The zero-order chi connectivity index (χ0) is 26.4. The number of hydrogen-bond acceptors (Lipinski definition) is 3. The lowest BCUT2D eigenvalue weighted by molar-refractivity contribution is -0.128. The predicted octanol–water partition coefficient (Wildman–Crippen LogP) is 6.48. The van der Waals surface area contributed by atoms with Crippen LogP contribution in [0.15, 0.2) is 78.9 Å². The molecule has 1 unspecified atom stereocenters. The minimum atomic E-state index is -0.937. The number of amides is 1. The second-order valence-corrected chi connectivity index (χ2v) is 9.85. The Morgan fingerprint density at radius 2 is 1.92 bits per heavy atom. The van der Waals surface area contributed by atoms with Crippen LogP contribution in [0.5, 0.6) is 0 Å². The summed E-state index contributed by atoms with van der Waals surface area (Å²) in [4.78, 5) is 25.4. The van der Waals surface area contributed by atoms with Crippen LogP contribution in [-0.4, -0.2) is 39.6 Å². The summed E-state index contributed by atoms with van der Waals surface area (Å²) in [6.45, 7) is 2.72. The molecular weight excluding hydrogens is 486 g/mol. The van der Waals surface area contributed by atoms with Crippen LogP contribution in [0.4, 0.5) is 0 Å². The van der Waals surface area contributed by atoms with E-state index in [2.05, 4.69) is 6.92 Å². The van der Waals surface area contributed by atoms with Crippen LogP contribution < -0.4 is 0 Å². The summed E-state index contributed by atoms with van der Waals surface area (Å²) in [6, 6.07) is 20.6. The van der Waals surface area contributed by atoms with Crippen molar-refractivity contribution < 1.29 is 19.8 Å². The number of aromatic carboxylic acids is 1. The number of carboxylic acids is 1. The normalized spacial score (nSPS) is 16.5. The molecule has 1 fully saturated rings. The molecule has 0 aliphatic carbocycles. The number of aliphatic hydroxyl groups excluding tert-OH is 1. The van der Waals surface area contributed by atoms with Gasteiger partial charge in [0.1, 0.15) is 0 Å². The topological polar surface area (TPSA) is 77.8 Å². The van der Waals surface area contributed by atoms with Crippen LogP contribution in [0.2, 0.25) is 5.02 Å². The van der Waals surface area contributed by atoms with Crippen molar-refractivity contribution in [3.05, 3.63) is 106 Å². The van der Waals surface area contributed by atoms with Gasteiger partial charge in [-0.1, -0.05) is 67.1 Å². The molecule has 2 N–H and O–H groups in total. The van der Waals surface area contributed by atoms with Gasteiger partial charge in [-0.3, -0.25) is 4.79 Å². The van der Waals surface area contributed by atoms with Crippen LogP contribution >= 0.6 is 11.6 Å². The van der Waals surface area contributed by atoms with Crippen LogP contribution in [0.1, 0.15) is 59.3 Å². The van der Waals surface area contributed by atoms with Gasteiger partial charge in [-0.15, -0.1) is 0 Å². The third-order valence-corrected chi connectivity index (χ3v) is 7.18. The lowest BCUT2D eigenvalue weighted by atomic mass is 9.95. The van der Waals surface area contributed by atoms with Gasteiger partial charge >= 0.3 is 5.97 Å². The van der Waals surface area contributed by atoms with Crippen molar-refractivity contribution in [2.24, 2.45) is 0 Å². The lowest BCUT2D eigenvalue weighted by Gasteiger charge is -2.23. The average molecular weight is 518 g/mol. The summed E-state index contributed by atoms with van der Waals surface area (Å²) in [5.41, 5.74) is 5.42. The largest absolute Gasteiger partial charge is 0.478 e. The quantitative estimate of drug-likeness (QED) is 0.302. The zero-order valence-corrected chi connectivity index (χ0v) is 21.7. The summed E-state index contributed by atoms with van der Waals surface area (Å²) in [5.74, 6) is -0.810. The average Bonchev–Trinajstić information content (AvgIpc) is 3.26. The molecule has 2 atom stereocenters. The highest BCUT2D eigenvalue weighted by Gasteiger charge is 2.28. The van der Waals surface area contributed by atoms with Gasteiger partial charge < -0.3 is 15.1 Å². The van der Waals surface area contributed by atoms with E-state index in [-0.39, 0.29) is 17.5 Å². The number of nitrogens with zero attached hydrogens (tertiary/aromatic N) is 1. The number of carbonyl (C=O) groups is 2. The number of likely N-dealkylation sites (tertiary alicyclic amines) is 1. The molecule has 0 saturated carbocycles. The van der Waals surface area contributed by atoms with Crippen molar-refractivity contribution in [1.29, 1.82) is 0 Å². The third-order valence-electron chi connectivity index (χ3n) is 6.94. The molecule has 1 amide bonds. The highest BCUT2D eigenvalue weighted by molar-refractivity contribution is 6.30. The molecule has 3 aromatic rings. The first kappa shape index (κ1) is 26.6. The number of aryl methyl sites for hydroxylation is 2. The number of aliphatic hydroxyl groups is 1. The third kappa shape index (κ3) is 6.68. The van der Waals surface area contributed by atoms with Crippen LogP contribution in [0, 0.1) is 0 Å². The second-order valence-electron chi connectivity index (χ2n) is 9.41. The van der Waals surface area contributed by atoms with Crippen LogP contribution in [0.25, 0.3) is 11.1 Å². The Kier molecular flexibility index (Phi) is 8.80. The summed E-state index contributed by atoms with van der Waals surface area (Å²) in [7, 11) is 0. The maximum absolute atomic E-state index is 12.5. The van der Waals surface area contributed by atoms with Gasteiger partial charge in [-0.2, -0.15) is 0 Å². The zero-order valence-electron chi connectivity index (χ0n) is 20.9. The molecule has 4 rings (SSSR count). The van der Waals surface area contributed by atoms with Crippen molar-refractivity contribution in [1.82, 2.24) is 4.90 Å². The Labute approximate surface area is 223 Å². The Hall–Kier alpha value is -3.41. The first-order valence-corrected chi connectivity index (χ1v) is 13.1. The maximum Gasteiger partial charge on any atom is 0.335 e. The monoisotopic (exact) mass is 517 g/mol. The molecule has 5 nitrogen and oxygen atoms in total. The van der Waals surface area contributed by atoms with Gasteiger partial charge in [0.2, 0.25) is 5.91 Å². The molecule has 1 heterocycles. The number of carboxylic acid groups (broad SMARTS) is 1. The number of benzene rings is 3. The molecule has 37 heavy (non-hydrogen) atoms. The molecular formula is C31H32ClNO4. The number of carbonyl (C=O) groups excluding carboxylic acids is 1. The molecule has 1 aliphatic rings. The Balaban J connectivity index is 1.39. The molecule has 0 radical (unpaired) electrons. The molecule has 0 aromatic heterocycles. The summed E-state index contributed by atoms with van der Waals surface area (Å²) in [6.07, 6.45) is 6.61. The van der Waals surface area contributed by atoms with E-state index in [0.29, 0.717) is 18.0 Å². The van der Waals surface area contributed by atoms with Gasteiger partial charge in [-0.25, -0.2) is 4.79 Å². The Morgan fingerprint density at radius 3 is 2.65 bits per heavy atom. The summed E-state index contributed by atoms with van der Waals surface area (Å²) < 4.78 is 0. The van der Waals surface area contributed by atoms with Gasteiger partial charge in [0.15, 0.2) is 0 Å². The minimum Gasteiger partial charge on any atom is -0.478 e. The van der Waals surface area contributed by atoms with Crippen molar-refractivity contribution in [2.45, 2.75) is 51.2 Å². The summed E-state index contributed by atoms with van der Waals surface area (Å²) in [5, 5.41) is 20.7. The van der Waals surface area contributed by atoms with Gasteiger partial charge in [0.05, 0.1) is 17.7 Å². The van der Waals surface area contributed by atoms with E-state index < -0.39 is 12.1 Å². The van der Waals surface area contributed by atoms with Crippen molar-refractivity contribution in [3.63, 3.8) is 0 Å². The molecule has 0 bridgehead atoms. The van der Waals surface area contributed by atoms with Crippen LogP contribution in [0.3, 0.4) is 0 Å². The first-order valence-electron chi connectivity index (χ1n) is 12.7. The number of halogens is 1. The van der Waals surface area contributed by atoms with E-state index in [1.807, 2.05) is 65.6 Å². The fraction of sp³-hybridized carbons (Fsp3) is 0.290. The highest BCUT2D eigenvalue weighted by Crippen LogP contribution is 2.30. The first-order chi connectivity index (χ1) is 17.9. The standard InChI is InChI=1S/C31H32ClNO4/c1-2-22-20-26(32)12-15-28(22)24-6-3-7-25(19-24)29(34)16-13-27-14-17-30(35)33(27)18-4-5-21-8-10-23(11-9-21)31(36)37/h3,6-13,15-16,19-20,27,29,34H,2,4-5,14,17-18H2,1H3,(H,36,37)/b16-13+/t27-,29?/m0/s1. The summed E-state index contributed by atoms with van der Waals surface area (Å²) >= 11 is 6.17. The molecule has 1 saturated heterocycles. The molecule has 6 heteroatoms. The Morgan fingerprint density at radius 1 is 1.14 bits per heavy atom. The van der Waals surface area contributed by atoms with E-state index in [0.717, 1.165) is 53.5 Å². The van der Waals surface area contributed by atoms with Crippen molar-refractivity contribution >= 4 is 23.5 Å². The number of hydrogen-bond donors (Lipinski definition) is 2. The Bertz CT molecular complexity index is 1280. The van der Waals surface area contributed by atoms with Crippen molar-refractivity contribution in [2.75, 3.05) is 6.54 Å². The van der Waals surface area contributed by atoms with E-state index in [9.17, 15) is 14.7 Å².